The zero-order chi connectivity index (χ0) is 15.3. The highest BCUT2D eigenvalue weighted by Gasteiger charge is 2.44. The van der Waals surface area contributed by atoms with E-state index < -0.39 is 0 Å². The standard InChI is InChI=1S/C17H37N3/c1-14(2)12-20(11-10-19(5)6)17(13-18)9-7-8-15(3)16(17)4/h14-16H,7-13,18H2,1-6H3. The molecule has 0 radical (unpaired) electrons. The highest BCUT2D eigenvalue weighted by Crippen LogP contribution is 2.41. The molecule has 3 unspecified atom stereocenters. The van der Waals surface area contributed by atoms with Gasteiger partial charge < -0.3 is 10.6 Å². The van der Waals surface area contributed by atoms with E-state index in [1.807, 2.05) is 0 Å². The Balaban J connectivity index is 2.92. The van der Waals surface area contributed by atoms with E-state index in [2.05, 4.69) is 51.6 Å². The maximum absolute atomic E-state index is 6.32. The molecule has 0 heterocycles. The van der Waals surface area contributed by atoms with Crippen molar-refractivity contribution in [3.8, 4) is 0 Å². The van der Waals surface area contributed by atoms with Crippen LogP contribution in [0.3, 0.4) is 0 Å². The summed E-state index contributed by atoms with van der Waals surface area (Å²) in [5.41, 5.74) is 6.54. The average molecular weight is 284 g/mol. The summed E-state index contributed by atoms with van der Waals surface area (Å²) in [6, 6.07) is 0. The van der Waals surface area contributed by atoms with Crippen molar-refractivity contribution in [2.75, 3.05) is 40.3 Å². The Morgan fingerprint density at radius 2 is 1.85 bits per heavy atom. The largest absolute Gasteiger partial charge is 0.329 e. The third kappa shape index (κ3) is 4.19. The molecule has 3 atom stereocenters. The molecule has 0 aromatic rings. The van der Waals surface area contributed by atoms with E-state index in [1.165, 1.54) is 25.8 Å². The van der Waals surface area contributed by atoms with Gasteiger partial charge in [0.05, 0.1) is 0 Å². The first kappa shape index (κ1) is 17.9. The van der Waals surface area contributed by atoms with Crippen LogP contribution in [-0.2, 0) is 0 Å². The molecule has 1 saturated carbocycles. The molecule has 0 saturated heterocycles. The highest BCUT2D eigenvalue weighted by molar-refractivity contribution is 5.00. The van der Waals surface area contributed by atoms with Crippen LogP contribution in [0.1, 0.15) is 47.0 Å². The van der Waals surface area contributed by atoms with Gasteiger partial charge in [-0.25, -0.2) is 0 Å². The second-order valence-corrected chi connectivity index (χ2v) is 7.61. The first-order valence-electron chi connectivity index (χ1n) is 8.43. The molecule has 0 aromatic carbocycles. The normalized spacial score (nSPS) is 31.5. The van der Waals surface area contributed by atoms with Crippen molar-refractivity contribution in [3.05, 3.63) is 0 Å². The van der Waals surface area contributed by atoms with Gasteiger partial charge in [-0.05, 0) is 38.3 Å². The molecule has 0 bridgehead atoms. The number of nitrogens with two attached hydrogens (primary N) is 1. The van der Waals surface area contributed by atoms with Crippen molar-refractivity contribution in [2.24, 2.45) is 23.5 Å². The van der Waals surface area contributed by atoms with E-state index in [1.54, 1.807) is 0 Å². The molecule has 120 valence electrons. The van der Waals surface area contributed by atoms with Crippen LogP contribution in [-0.4, -0.2) is 55.6 Å². The fraction of sp³-hybridized carbons (Fsp3) is 1.00. The summed E-state index contributed by atoms with van der Waals surface area (Å²) < 4.78 is 0. The van der Waals surface area contributed by atoms with Gasteiger partial charge in [-0.2, -0.15) is 0 Å². The van der Waals surface area contributed by atoms with E-state index in [9.17, 15) is 0 Å². The molecule has 20 heavy (non-hydrogen) atoms. The second-order valence-electron chi connectivity index (χ2n) is 7.61. The molecule has 0 aliphatic heterocycles. The molecule has 3 heteroatoms. The van der Waals surface area contributed by atoms with Gasteiger partial charge in [0.2, 0.25) is 0 Å². The molecule has 1 fully saturated rings. The summed E-state index contributed by atoms with van der Waals surface area (Å²) >= 11 is 0. The summed E-state index contributed by atoms with van der Waals surface area (Å²) in [7, 11) is 4.32. The van der Waals surface area contributed by atoms with E-state index in [0.29, 0.717) is 11.8 Å². The number of likely N-dealkylation sites (N-methyl/N-ethyl adjacent to an activating group) is 1. The molecule has 3 nitrogen and oxygen atoms in total. The van der Waals surface area contributed by atoms with E-state index in [-0.39, 0.29) is 5.54 Å². The third-order valence-corrected chi connectivity index (χ3v) is 5.36. The number of hydrogen-bond acceptors (Lipinski definition) is 3. The van der Waals surface area contributed by atoms with Crippen LogP contribution in [0.25, 0.3) is 0 Å². The van der Waals surface area contributed by atoms with Crippen LogP contribution in [0.15, 0.2) is 0 Å². The van der Waals surface area contributed by atoms with Gasteiger partial charge in [0.1, 0.15) is 0 Å². The van der Waals surface area contributed by atoms with Crippen molar-refractivity contribution < 1.29 is 0 Å². The summed E-state index contributed by atoms with van der Waals surface area (Å²) in [6.45, 7) is 13.7. The first-order valence-corrected chi connectivity index (χ1v) is 8.43. The SMILES string of the molecule is CC(C)CN(CCN(C)C)C1(CN)CCCC(C)C1C. The lowest BCUT2D eigenvalue weighted by atomic mass is 9.67. The lowest BCUT2D eigenvalue weighted by molar-refractivity contribution is -0.0202. The molecule has 1 aliphatic carbocycles. The van der Waals surface area contributed by atoms with Gasteiger partial charge in [-0.1, -0.05) is 40.5 Å². The van der Waals surface area contributed by atoms with Gasteiger partial charge >= 0.3 is 0 Å². The Hall–Kier alpha value is -0.120. The van der Waals surface area contributed by atoms with E-state index >= 15 is 0 Å². The smallest absolute Gasteiger partial charge is 0.0360 e. The van der Waals surface area contributed by atoms with Gasteiger partial charge in [-0.15, -0.1) is 0 Å². The number of nitrogens with zero attached hydrogens (tertiary/aromatic N) is 2. The molecule has 1 aliphatic rings. The molecule has 2 N–H and O–H groups in total. The van der Waals surface area contributed by atoms with Crippen LogP contribution < -0.4 is 5.73 Å². The molecule has 0 amide bonds. The Bertz CT molecular complexity index is 277. The second kappa shape index (κ2) is 7.77. The minimum Gasteiger partial charge on any atom is -0.329 e. The monoisotopic (exact) mass is 283 g/mol. The molecule has 1 rings (SSSR count). The van der Waals surface area contributed by atoms with Crippen LogP contribution in [0, 0.1) is 17.8 Å². The molecular weight excluding hydrogens is 246 g/mol. The van der Waals surface area contributed by atoms with Gasteiger partial charge in [0, 0.05) is 31.7 Å². The van der Waals surface area contributed by atoms with Crippen LogP contribution in [0.4, 0.5) is 0 Å². The Labute approximate surface area is 126 Å². The first-order chi connectivity index (χ1) is 9.33. The van der Waals surface area contributed by atoms with Crippen molar-refractivity contribution in [1.29, 1.82) is 0 Å². The molecular formula is C17H37N3. The quantitative estimate of drug-likeness (QED) is 0.779. The fourth-order valence-electron chi connectivity index (χ4n) is 3.86. The lowest BCUT2D eigenvalue weighted by Crippen LogP contribution is -2.62. The van der Waals surface area contributed by atoms with Crippen LogP contribution >= 0.6 is 0 Å². The van der Waals surface area contributed by atoms with Crippen molar-refractivity contribution in [2.45, 2.75) is 52.5 Å². The van der Waals surface area contributed by atoms with Gasteiger partial charge in [0.15, 0.2) is 0 Å². The van der Waals surface area contributed by atoms with Crippen LogP contribution in [0.5, 0.6) is 0 Å². The van der Waals surface area contributed by atoms with Gasteiger partial charge in [0.25, 0.3) is 0 Å². The maximum atomic E-state index is 6.32. The Kier molecular flexibility index (Phi) is 6.96. The minimum absolute atomic E-state index is 0.220. The Morgan fingerprint density at radius 1 is 1.20 bits per heavy atom. The zero-order valence-electron chi connectivity index (χ0n) is 14.7. The highest BCUT2D eigenvalue weighted by atomic mass is 15.2. The number of hydrogen-bond donors (Lipinski definition) is 1. The van der Waals surface area contributed by atoms with Crippen LogP contribution in [0.2, 0.25) is 0 Å². The number of rotatable bonds is 7. The molecule has 0 spiro atoms. The van der Waals surface area contributed by atoms with E-state index in [0.717, 1.165) is 25.6 Å². The third-order valence-electron chi connectivity index (χ3n) is 5.36. The predicted molar refractivity (Wildman–Crippen MR) is 88.9 cm³/mol. The summed E-state index contributed by atoms with van der Waals surface area (Å²) in [4.78, 5) is 5.01. The fourth-order valence-corrected chi connectivity index (χ4v) is 3.86. The van der Waals surface area contributed by atoms with Crippen molar-refractivity contribution in [1.82, 2.24) is 9.80 Å². The summed E-state index contributed by atoms with van der Waals surface area (Å²) in [5.74, 6) is 2.19. The van der Waals surface area contributed by atoms with Crippen molar-refractivity contribution in [3.63, 3.8) is 0 Å². The van der Waals surface area contributed by atoms with E-state index in [4.69, 9.17) is 5.73 Å². The average Bonchev–Trinajstić information content (AvgIpc) is 2.37. The minimum atomic E-state index is 0.220. The van der Waals surface area contributed by atoms with Crippen molar-refractivity contribution >= 4 is 0 Å². The van der Waals surface area contributed by atoms with Gasteiger partial charge in [-0.3, -0.25) is 4.90 Å². The zero-order valence-corrected chi connectivity index (χ0v) is 14.7. The topological polar surface area (TPSA) is 32.5 Å². The lowest BCUT2D eigenvalue weighted by Gasteiger charge is -2.53. The predicted octanol–water partition coefficient (Wildman–Crippen LogP) is 2.66. The molecule has 0 aromatic heterocycles. The Morgan fingerprint density at radius 3 is 2.35 bits per heavy atom. The maximum Gasteiger partial charge on any atom is 0.0360 e. The summed E-state index contributed by atoms with van der Waals surface area (Å²) in [5, 5.41) is 0. The summed E-state index contributed by atoms with van der Waals surface area (Å²) in [6.07, 6.45) is 3.97.